The second kappa shape index (κ2) is 7.92. The number of ether oxygens (including phenoxy) is 1. The highest BCUT2D eigenvalue weighted by Gasteiger charge is 2.16. The molecule has 2 aromatic carbocycles. The van der Waals surface area contributed by atoms with E-state index in [4.69, 9.17) is 4.74 Å². The third-order valence-corrected chi connectivity index (χ3v) is 3.26. The molecule has 0 unspecified atom stereocenters. The van der Waals surface area contributed by atoms with Crippen LogP contribution in [0, 0.1) is 0 Å². The van der Waals surface area contributed by atoms with Gasteiger partial charge < -0.3 is 15.0 Å². The van der Waals surface area contributed by atoms with Crippen LogP contribution in [0.1, 0.15) is 20.7 Å². The molecule has 2 amide bonds. The number of anilines is 1. The zero-order valence-corrected chi connectivity index (χ0v) is 13.5. The summed E-state index contributed by atoms with van der Waals surface area (Å²) in [5.41, 5.74) is 0.991. The fraction of sp³-hybridized carbons (Fsp3) is 0.167. The number of hydrogen-bond donors (Lipinski definition) is 1. The minimum absolute atomic E-state index is 0.188. The Morgan fingerprint density at radius 2 is 1.58 bits per heavy atom. The molecule has 0 aliphatic carbocycles. The van der Waals surface area contributed by atoms with Gasteiger partial charge in [0, 0.05) is 19.7 Å². The normalized spacial score (nSPS) is 9.92. The number of benzene rings is 2. The van der Waals surface area contributed by atoms with Crippen molar-refractivity contribution >= 4 is 23.5 Å². The lowest BCUT2D eigenvalue weighted by Gasteiger charge is -2.13. The van der Waals surface area contributed by atoms with Crippen LogP contribution < -0.4 is 5.32 Å². The topological polar surface area (TPSA) is 75.7 Å². The van der Waals surface area contributed by atoms with Crippen LogP contribution in [0.3, 0.4) is 0 Å². The molecule has 0 radical (unpaired) electrons. The Hall–Kier alpha value is -3.15. The maximum atomic E-state index is 12.2. The third kappa shape index (κ3) is 4.42. The second-order valence-electron chi connectivity index (χ2n) is 5.23. The van der Waals surface area contributed by atoms with E-state index in [2.05, 4.69) is 5.32 Å². The van der Waals surface area contributed by atoms with Crippen LogP contribution in [0.25, 0.3) is 0 Å². The lowest BCUT2D eigenvalue weighted by Crippen LogP contribution is -2.27. The van der Waals surface area contributed by atoms with Crippen molar-refractivity contribution in [2.24, 2.45) is 0 Å². The molecule has 124 valence electrons. The molecule has 0 bridgehead atoms. The number of carbonyl (C=O) groups excluding carboxylic acids is 3. The maximum absolute atomic E-state index is 12.2. The van der Waals surface area contributed by atoms with Gasteiger partial charge in [0.05, 0.1) is 11.3 Å². The number of amides is 2. The van der Waals surface area contributed by atoms with Crippen molar-refractivity contribution in [1.82, 2.24) is 4.90 Å². The van der Waals surface area contributed by atoms with E-state index >= 15 is 0 Å². The number of nitrogens with one attached hydrogen (secondary N) is 1. The summed E-state index contributed by atoms with van der Waals surface area (Å²) in [5.74, 6) is -1.33. The minimum atomic E-state index is -0.672. The molecular formula is C18H18N2O4. The second-order valence-corrected chi connectivity index (χ2v) is 5.23. The Morgan fingerprint density at radius 3 is 2.25 bits per heavy atom. The molecule has 0 heterocycles. The maximum Gasteiger partial charge on any atom is 0.340 e. The highest BCUT2D eigenvalue weighted by Crippen LogP contribution is 2.17. The standard InChI is InChI=1S/C18H18N2O4/c1-20(2)16(21)12-24-18(23)14-10-6-7-11-15(14)19-17(22)13-8-4-3-5-9-13/h3-11H,12H2,1-2H3,(H,19,22). The molecule has 0 saturated carbocycles. The first kappa shape index (κ1) is 17.2. The smallest absolute Gasteiger partial charge is 0.340 e. The van der Waals surface area contributed by atoms with Crippen LogP contribution in [-0.4, -0.2) is 43.4 Å². The van der Waals surface area contributed by atoms with Crippen LogP contribution in [0.4, 0.5) is 5.69 Å². The summed E-state index contributed by atoms with van der Waals surface area (Å²) in [6.45, 7) is -0.354. The molecule has 1 N–H and O–H groups in total. The summed E-state index contributed by atoms with van der Waals surface area (Å²) in [4.78, 5) is 37.2. The number of nitrogens with zero attached hydrogens (tertiary/aromatic N) is 1. The van der Waals surface area contributed by atoms with Crippen molar-refractivity contribution in [3.8, 4) is 0 Å². The van der Waals surface area contributed by atoms with Crippen LogP contribution in [-0.2, 0) is 9.53 Å². The lowest BCUT2D eigenvalue weighted by molar-refractivity contribution is -0.131. The molecule has 6 heteroatoms. The number of rotatable bonds is 5. The SMILES string of the molecule is CN(C)C(=O)COC(=O)c1ccccc1NC(=O)c1ccccc1. The van der Waals surface area contributed by atoms with E-state index in [1.165, 1.54) is 11.0 Å². The first-order valence-electron chi connectivity index (χ1n) is 7.31. The molecule has 0 aliphatic heterocycles. The van der Waals surface area contributed by atoms with Crippen molar-refractivity contribution in [1.29, 1.82) is 0 Å². The molecule has 0 fully saturated rings. The van der Waals surface area contributed by atoms with Gasteiger partial charge in [-0.15, -0.1) is 0 Å². The van der Waals surface area contributed by atoms with Gasteiger partial charge in [0.15, 0.2) is 6.61 Å². The van der Waals surface area contributed by atoms with Crippen LogP contribution in [0.2, 0.25) is 0 Å². The van der Waals surface area contributed by atoms with Gasteiger partial charge in [0.25, 0.3) is 11.8 Å². The van der Waals surface area contributed by atoms with Gasteiger partial charge in [-0.3, -0.25) is 9.59 Å². The van der Waals surface area contributed by atoms with Crippen LogP contribution in [0.5, 0.6) is 0 Å². The van der Waals surface area contributed by atoms with E-state index in [9.17, 15) is 14.4 Å². The summed E-state index contributed by atoms with van der Waals surface area (Å²) in [7, 11) is 3.15. The zero-order chi connectivity index (χ0) is 17.5. The van der Waals surface area contributed by atoms with Gasteiger partial charge >= 0.3 is 5.97 Å². The molecular weight excluding hydrogens is 308 g/mol. The van der Waals surface area contributed by atoms with E-state index in [-0.39, 0.29) is 24.0 Å². The number of likely N-dealkylation sites (N-methyl/N-ethyl adjacent to an activating group) is 1. The summed E-state index contributed by atoms with van der Waals surface area (Å²) in [6.07, 6.45) is 0. The van der Waals surface area contributed by atoms with Crippen LogP contribution in [0.15, 0.2) is 54.6 Å². The fourth-order valence-electron chi connectivity index (χ4n) is 1.89. The summed E-state index contributed by atoms with van der Waals surface area (Å²) in [6, 6.07) is 15.1. The van der Waals surface area contributed by atoms with Crippen LogP contribution >= 0.6 is 0 Å². The number of hydrogen-bond acceptors (Lipinski definition) is 4. The van der Waals surface area contributed by atoms with E-state index in [1.807, 2.05) is 6.07 Å². The summed E-state index contributed by atoms with van der Waals surface area (Å²) >= 11 is 0. The summed E-state index contributed by atoms with van der Waals surface area (Å²) < 4.78 is 5.00. The Morgan fingerprint density at radius 1 is 0.958 bits per heavy atom. The highest BCUT2D eigenvalue weighted by atomic mass is 16.5. The Labute approximate surface area is 140 Å². The Bertz CT molecular complexity index is 742. The van der Waals surface area contributed by atoms with E-state index in [0.717, 1.165) is 0 Å². The van der Waals surface area contributed by atoms with E-state index < -0.39 is 5.97 Å². The van der Waals surface area contributed by atoms with Gasteiger partial charge in [-0.05, 0) is 24.3 Å². The van der Waals surface area contributed by atoms with Crippen molar-refractivity contribution in [3.05, 3.63) is 65.7 Å². The molecule has 0 spiro atoms. The van der Waals surface area contributed by atoms with Crippen molar-refractivity contribution in [2.75, 3.05) is 26.0 Å². The van der Waals surface area contributed by atoms with Gasteiger partial charge in [-0.1, -0.05) is 30.3 Å². The Kier molecular flexibility index (Phi) is 5.68. The highest BCUT2D eigenvalue weighted by molar-refractivity contribution is 6.08. The summed E-state index contributed by atoms with van der Waals surface area (Å²) in [5, 5.41) is 2.68. The molecule has 2 rings (SSSR count). The number of para-hydroxylation sites is 1. The van der Waals surface area contributed by atoms with Gasteiger partial charge in [-0.2, -0.15) is 0 Å². The Balaban J connectivity index is 2.11. The van der Waals surface area contributed by atoms with E-state index in [1.54, 1.807) is 56.6 Å². The number of carbonyl (C=O) groups is 3. The van der Waals surface area contributed by atoms with Gasteiger partial charge in [0.2, 0.25) is 0 Å². The molecule has 0 aromatic heterocycles. The van der Waals surface area contributed by atoms with Gasteiger partial charge in [-0.25, -0.2) is 4.79 Å². The van der Waals surface area contributed by atoms with E-state index in [0.29, 0.717) is 11.3 Å². The average molecular weight is 326 g/mol. The van der Waals surface area contributed by atoms with Crippen molar-refractivity contribution in [2.45, 2.75) is 0 Å². The number of esters is 1. The molecule has 6 nitrogen and oxygen atoms in total. The molecule has 0 atom stereocenters. The van der Waals surface area contributed by atoms with Crippen molar-refractivity contribution < 1.29 is 19.1 Å². The quantitative estimate of drug-likeness (QED) is 0.855. The minimum Gasteiger partial charge on any atom is -0.452 e. The fourth-order valence-corrected chi connectivity index (χ4v) is 1.89. The lowest BCUT2D eigenvalue weighted by atomic mass is 10.1. The van der Waals surface area contributed by atoms with Crippen molar-refractivity contribution in [3.63, 3.8) is 0 Å². The molecule has 0 aliphatic rings. The average Bonchev–Trinajstić information content (AvgIpc) is 2.60. The first-order valence-corrected chi connectivity index (χ1v) is 7.31. The molecule has 24 heavy (non-hydrogen) atoms. The monoisotopic (exact) mass is 326 g/mol. The molecule has 0 saturated heterocycles. The first-order chi connectivity index (χ1) is 11.5. The predicted octanol–water partition coefficient (Wildman–Crippen LogP) is 2.18. The molecule has 2 aromatic rings. The zero-order valence-electron chi connectivity index (χ0n) is 13.5. The van der Waals surface area contributed by atoms with Gasteiger partial charge in [0.1, 0.15) is 0 Å². The third-order valence-electron chi connectivity index (χ3n) is 3.26. The largest absolute Gasteiger partial charge is 0.452 e. The predicted molar refractivity (Wildman–Crippen MR) is 89.8 cm³/mol.